The fraction of sp³-hybridized carbons (Fsp3) is 0.375. The summed E-state index contributed by atoms with van der Waals surface area (Å²) >= 11 is 0. The molecule has 0 atom stereocenters. The van der Waals surface area contributed by atoms with Crippen LogP contribution >= 0.6 is 0 Å². The molecule has 0 N–H and O–H groups in total. The first kappa shape index (κ1) is 16.9. The van der Waals surface area contributed by atoms with Gasteiger partial charge in [0.05, 0.1) is 11.1 Å². The SMILES string of the molecule is CC(=O)C1(C(=O)OC(C)(C)C)C(=O)c2c(F)ccc(F)c2C1=O. The number of esters is 1. The van der Waals surface area contributed by atoms with Crippen LogP contribution in [-0.2, 0) is 14.3 Å². The van der Waals surface area contributed by atoms with Crippen molar-refractivity contribution in [2.45, 2.75) is 33.3 Å². The Morgan fingerprint density at radius 1 is 1.00 bits per heavy atom. The molecular formula is C16H14F2O5. The van der Waals surface area contributed by atoms with Crippen molar-refractivity contribution < 1.29 is 32.7 Å². The zero-order valence-electron chi connectivity index (χ0n) is 13.0. The summed E-state index contributed by atoms with van der Waals surface area (Å²) in [7, 11) is 0. The third-order valence-corrected chi connectivity index (χ3v) is 3.47. The van der Waals surface area contributed by atoms with E-state index in [1.807, 2.05) is 0 Å². The van der Waals surface area contributed by atoms with Crippen molar-refractivity contribution in [3.8, 4) is 0 Å². The van der Waals surface area contributed by atoms with Gasteiger partial charge in [0, 0.05) is 0 Å². The molecule has 0 amide bonds. The number of ketones is 3. The van der Waals surface area contributed by atoms with Gasteiger partial charge in [0.15, 0.2) is 17.3 Å². The van der Waals surface area contributed by atoms with Gasteiger partial charge in [-0.25, -0.2) is 13.6 Å². The Bertz CT molecular complexity index is 717. The largest absolute Gasteiger partial charge is 0.459 e. The molecule has 1 aromatic carbocycles. The standard InChI is InChI=1S/C16H14F2O5/c1-7(19)16(14(22)23-15(2,3)4)12(20)10-8(17)5-6-9(18)11(10)13(16)21/h5-6H,1-4H3. The molecule has 0 saturated carbocycles. The van der Waals surface area contributed by atoms with E-state index in [0.717, 1.165) is 6.92 Å². The van der Waals surface area contributed by atoms with E-state index in [-0.39, 0.29) is 0 Å². The molecule has 122 valence electrons. The maximum Gasteiger partial charge on any atom is 0.336 e. The summed E-state index contributed by atoms with van der Waals surface area (Å²) in [6.07, 6.45) is 0. The van der Waals surface area contributed by atoms with Gasteiger partial charge in [-0.2, -0.15) is 0 Å². The van der Waals surface area contributed by atoms with Crippen LogP contribution in [0.4, 0.5) is 8.78 Å². The first-order chi connectivity index (χ1) is 10.4. The second-order valence-electron chi connectivity index (χ2n) is 6.25. The van der Waals surface area contributed by atoms with E-state index in [4.69, 9.17) is 4.74 Å². The number of fused-ring (bicyclic) bond motifs is 1. The highest BCUT2D eigenvalue weighted by molar-refractivity contribution is 6.48. The Labute approximate surface area is 130 Å². The summed E-state index contributed by atoms with van der Waals surface area (Å²) in [6.45, 7) is 5.24. The van der Waals surface area contributed by atoms with Gasteiger partial charge in [0.25, 0.3) is 5.41 Å². The molecule has 0 bridgehead atoms. The summed E-state index contributed by atoms with van der Waals surface area (Å²) < 4.78 is 32.8. The molecule has 0 saturated heterocycles. The number of hydrogen-bond acceptors (Lipinski definition) is 5. The Morgan fingerprint density at radius 3 is 1.70 bits per heavy atom. The number of Topliss-reactive ketones (excluding diaryl/α,β-unsaturated/α-hetero) is 3. The van der Waals surface area contributed by atoms with Crippen LogP contribution in [0.1, 0.15) is 48.4 Å². The molecule has 1 aliphatic rings. The first-order valence-electron chi connectivity index (χ1n) is 6.76. The monoisotopic (exact) mass is 324 g/mol. The molecular weight excluding hydrogens is 310 g/mol. The molecule has 0 aromatic heterocycles. The molecule has 5 nitrogen and oxygen atoms in total. The molecule has 0 spiro atoms. The highest BCUT2D eigenvalue weighted by Crippen LogP contribution is 2.41. The lowest BCUT2D eigenvalue weighted by Gasteiger charge is -2.27. The van der Waals surface area contributed by atoms with Crippen molar-refractivity contribution in [3.05, 3.63) is 34.9 Å². The zero-order chi connectivity index (χ0) is 17.7. The molecule has 0 heterocycles. The van der Waals surface area contributed by atoms with Crippen LogP contribution < -0.4 is 0 Å². The van der Waals surface area contributed by atoms with Crippen molar-refractivity contribution >= 4 is 23.3 Å². The van der Waals surface area contributed by atoms with E-state index < -0.39 is 57.1 Å². The smallest absolute Gasteiger partial charge is 0.336 e. The van der Waals surface area contributed by atoms with Crippen molar-refractivity contribution in [2.75, 3.05) is 0 Å². The lowest BCUT2D eigenvalue weighted by Crippen LogP contribution is -2.50. The minimum absolute atomic E-state index is 0.657. The minimum atomic E-state index is -2.89. The van der Waals surface area contributed by atoms with Gasteiger partial charge in [-0.3, -0.25) is 14.4 Å². The van der Waals surface area contributed by atoms with E-state index in [9.17, 15) is 28.0 Å². The molecule has 7 heteroatoms. The van der Waals surface area contributed by atoms with Gasteiger partial charge < -0.3 is 4.74 Å². The van der Waals surface area contributed by atoms with Crippen LogP contribution in [-0.4, -0.2) is 28.9 Å². The Balaban J connectivity index is 2.74. The van der Waals surface area contributed by atoms with Crippen molar-refractivity contribution in [3.63, 3.8) is 0 Å². The van der Waals surface area contributed by atoms with Crippen LogP contribution in [0.5, 0.6) is 0 Å². The molecule has 1 aliphatic carbocycles. The van der Waals surface area contributed by atoms with E-state index in [2.05, 4.69) is 0 Å². The second kappa shape index (κ2) is 5.04. The molecule has 1 aromatic rings. The lowest BCUT2D eigenvalue weighted by molar-refractivity contribution is -0.163. The maximum atomic E-state index is 13.9. The van der Waals surface area contributed by atoms with Crippen molar-refractivity contribution in [1.29, 1.82) is 0 Å². The van der Waals surface area contributed by atoms with E-state index >= 15 is 0 Å². The number of halogens is 2. The van der Waals surface area contributed by atoms with Gasteiger partial charge in [-0.15, -0.1) is 0 Å². The average Bonchev–Trinajstić information content (AvgIpc) is 2.62. The minimum Gasteiger partial charge on any atom is -0.459 e. The maximum absolute atomic E-state index is 13.9. The summed E-state index contributed by atoms with van der Waals surface area (Å²) in [4.78, 5) is 49.5. The number of benzene rings is 1. The normalized spacial score (nSPS) is 16.3. The summed E-state index contributed by atoms with van der Waals surface area (Å²) in [6, 6.07) is 1.31. The van der Waals surface area contributed by atoms with E-state index in [1.165, 1.54) is 20.8 Å². The average molecular weight is 324 g/mol. The molecule has 0 unspecified atom stereocenters. The molecule has 2 rings (SSSR count). The van der Waals surface area contributed by atoms with Crippen LogP contribution in [0.25, 0.3) is 0 Å². The van der Waals surface area contributed by atoms with Crippen LogP contribution in [0.2, 0.25) is 0 Å². The quantitative estimate of drug-likeness (QED) is 0.616. The predicted molar refractivity (Wildman–Crippen MR) is 74.0 cm³/mol. The van der Waals surface area contributed by atoms with Crippen LogP contribution in [0.15, 0.2) is 12.1 Å². The molecule has 0 radical (unpaired) electrons. The second-order valence-corrected chi connectivity index (χ2v) is 6.25. The molecule has 23 heavy (non-hydrogen) atoms. The number of rotatable bonds is 2. The Morgan fingerprint density at radius 2 is 1.39 bits per heavy atom. The van der Waals surface area contributed by atoms with Gasteiger partial charge >= 0.3 is 5.97 Å². The van der Waals surface area contributed by atoms with Crippen LogP contribution in [0.3, 0.4) is 0 Å². The fourth-order valence-electron chi connectivity index (χ4n) is 2.48. The number of ether oxygens (including phenoxy) is 1. The van der Waals surface area contributed by atoms with Gasteiger partial charge in [-0.1, -0.05) is 0 Å². The van der Waals surface area contributed by atoms with Gasteiger partial charge in [-0.05, 0) is 39.8 Å². The highest BCUT2D eigenvalue weighted by atomic mass is 19.1. The van der Waals surface area contributed by atoms with Gasteiger partial charge in [0.1, 0.15) is 17.2 Å². The topological polar surface area (TPSA) is 77.5 Å². The third-order valence-electron chi connectivity index (χ3n) is 3.47. The lowest BCUT2D eigenvalue weighted by atomic mass is 9.78. The highest BCUT2D eigenvalue weighted by Gasteiger charge is 2.65. The predicted octanol–water partition coefficient (Wildman–Crippen LogP) is 2.26. The van der Waals surface area contributed by atoms with E-state index in [0.29, 0.717) is 12.1 Å². The van der Waals surface area contributed by atoms with Crippen molar-refractivity contribution in [1.82, 2.24) is 0 Å². The fourth-order valence-corrected chi connectivity index (χ4v) is 2.48. The van der Waals surface area contributed by atoms with Crippen molar-refractivity contribution in [2.24, 2.45) is 5.41 Å². The molecule has 0 fully saturated rings. The number of carbonyl (C=O) groups is 4. The Kier molecular flexibility index (Phi) is 3.71. The van der Waals surface area contributed by atoms with E-state index in [1.54, 1.807) is 0 Å². The number of carbonyl (C=O) groups excluding carboxylic acids is 4. The summed E-state index contributed by atoms with van der Waals surface area (Å²) in [5, 5.41) is 0. The molecule has 0 aliphatic heterocycles. The summed E-state index contributed by atoms with van der Waals surface area (Å²) in [5.41, 5.74) is -5.78. The zero-order valence-corrected chi connectivity index (χ0v) is 13.0. The summed E-state index contributed by atoms with van der Waals surface area (Å²) in [5.74, 6) is -7.70. The van der Waals surface area contributed by atoms with Gasteiger partial charge in [0.2, 0.25) is 0 Å². The Hall–Kier alpha value is -2.44. The first-order valence-corrected chi connectivity index (χ1v) is 6.76. The third kappa shape index (κ3) is 2.27. The number of hydrogen-bond donors (Lipinski definition) is 0. The van der Waals surface area contributed by atoms with Crippen LogP contribution in [0, 0.1) is 17.0 Å².